The van der Waals surface area contributed by atoms with E-state index in [0.29, 0.717) is 13.0 Å². The minimum atomic E-state index is -0.655. The van der Waals surface area contributed by atoms with Crippen LogP contribution in [-0.2, 0) is 16.0 Å². The van der Waals surface area contributed by atoms with Gasteiger partial charge in [-0.05, 0) is 36.9 Å². The normalized spacial score (nSPS) is 29.3. The lowest BCUT2D eigenvalue weighted by molar-refractivity contribution is -0.148. The minimum Gasteiger partial charge on any atom is -0.481 e. The van der Waals surface area contributed by atoms with Crippen LogP contribution in [0.1, 0.15) is 37.0 Å². The number of likely N-dealkylation sites (tertiary alicyclic amines) is 1. The Morgan fingerprint density at radius 3 is 3.00 bits per heavy atom. The van der Waals surface area contributed by atoms with Gasteiger partial charge in [0.15, 0.2) is 0 Å². The summed E-state index contributed by atoms with van der Waals surface area (Å²) in [5, 5.41) is 9.49. The number of carbonyl (C=O) groups is 1. The van der Waals surface area contributed by atoms with Crippen LogP contribution < -0.4 is 0 Å². The maximum Gasteiger partial charge on any atom is 0.310 e. The number of aliphatic carboxylic acids is 1. The Balaban J connectivity index is 1.70. The zero-order valence-electron chi connectivity index (χ0n) is 12.5. The highest BCUT2D eigenvalue weighted by Crippen LogP contribution is 2.36. The summed E-state index contributed by atoms with van der Waals surface area (Å²) in [6, 6.07) is 8.43. The molecule has 0 bridgehead atoms. The fourth-order valence-electron chi connectivity index (χ4n) is 3.59. The van der Waals surface area contributed by atoms with Crippen LogP contribution in [0.15, 0.2) is 24.3 Å². The lowest BCUT2D eigenvalue weighted by atomic mass is 9.84. The second-order valence-corrected chi connectivity index (χ2v) is 6.23. The molecule has 4 heteroatoms. The van der Waals surface area contributed by atoms with Crippen molar-refractivity contribution in [3.63, 3.8) is 0 Å². The van der Waals surface area contributed by atoms with Gasteiger partial charge in [-0.15, -0.1) is 0 Å². The summed E-state index contributed by atoms with van der Waals surface area (Å²) in [5.74, 6) is -0.655. The first-order valence-corrected chi connectivity index (χ1v) is 7.80. The van der Waals surface area contributed by atoms with Crippen molar-refractivity contribution in [2.24, 2.45) is 5.41 Å². The number of hydrogen-bond acceptors (Lipinski definition) is 3. The van der Waals surface area contributed by atoms with Crippen molar-refractivity contribution in [2.75, 3.05) is 26.2 Å². The lowest BCUT2D eigenvalue weighted by Gasteiger charge is -2.30. The Morgan fingerprint density at radius 1 is 1.48 bits per heavy atom. The summed E-state index contributed by atoms with van der Waals surface area (Å²) in [6.45, 7) is 5.02. The van der Waals surface area contributed by atoms with E-state index in [1.807, 2.05) is 6.92 Å². The van der Waals surface area contributed by atoms with Crippen molar-refractivity contribution in [1.82, 2.24) is 4.90 Å². The van der Waals surface area contributed by atoms with Gasteiger partial charge in [0.2, 0.25) is 0 Å². The molecular formula is C17H23NO3. The quantitative estimate of drug-likeness (QED) is 0.925. The van der Waals surface area contributed by atoms with Crippen LogP contribution in [0, 0.1) is 5.41 Å². The van der Waals surface area contributed by atoms with E-state index in [0.717, 1.165) is 32.5 Å². The van der Waals surface area contributed by atoms with Gasteiger partial charge in [0.05, 0.1) is 18.1 Å². The average Bonchev–Trinajstić information content (AvgIpc) is 2.92. The third-order valence-corrected chi connectivity index (χ3v) is 5.08. The minimum absolute atomic E-state index is 0.0800. The van der Waals surface area contributed by atoms with Gasteiger partial charge in [0.1, 0.15) is 0 Å². The van der Waals surface area contributed by atoms with E-state index in [1.165, 1.54) is 11.1 Å². The van der Waals surface area contributed by atoms with E-state index < -0.39 is 11.4 Å². The van der Waals surface area contributed by atoms with Gasteiger partial charge in [0, 0.05) is 13.1 Å². The zero-order valence-corrected chi connectivity index (χ0v) is 12.5. The summed E-state index contributed by atoms with van der Waals surface area (Å²) < 4.78 is 5.94. The number of rotatable bonds is 4. The molecule has 1 saturated heterocycles. The molecule has 0 amide bonds. The molecule has 0 spiro atoms. The topological polar surface area (TPSA) is 49.8 Å². The molecule has 0 saturated carbocycles. The highest BCUT2D eigenvalue weighted by Gasteiger charge is 2.43. The summed E-state index contributed by atoms with van der Waals surface area (Å²) in [4.78, 5) is 13.8. The lowest BCUT2D eigenvalue weighted by Crippen LogP contribution is -2.36. The largest absolute Gasteiger partial charge is 0.481 e. The number of carboxylic acid groups (broad SMARTS) is 1. The molecule has 0 radical (unpaired) electrons. The smallest absolute Gasteiger partial charge is 0.310 e. The first kappa shape index (κ1) is 14.5. The molecule has 3 rings (SSSR count). The molecule has 2 heterocycles. The number of ether oxygens (including phenoxy) is 1. The monoisotopic (exact) mass is 289 g/mol. The third kappa shape index (κ3) is 2.70. The maximum atomic E-state index is 11.5. The molecule has 0 aromatic heterocycles. The van der Waals surface area contributed by atoms with Crippen LogP contribution >= 0.6 is 0 Å². The summed E-state index contributed by atoms with van der Waals surface area (Å²) >= 11 is 0. The van der Waals surface area contributed by atoms with Gasteiger partial charge in [-0.3, -0.25) is 9.69 Å². The molecule has 1 aromatic carbocycles. The number of carboxylic acids is 1. The SMILES string of the molecule is CCC1(C(=O)O)CCN(CC2OCCc3ccccc32)C1. The summed E-state index contributed by atoms with van der Waals surface area (Å²) in [6.07, 6.45) is 2.49. The first-order chi connectivity index (χ1) is 10.1. The molecule has 1 N–H and O–H groups in total. The fourth-order valence-corrected chi connectivity index (χ4v) is 3.59. The van der Waals surface area contributed by atoms with E-state index in [2.05, 4.69) is 29.2 Å². The molecule has 2 atom stereocenters. The second kappa shape index (κ2) is 5.78. The molecule has 4 nitrogen and oxygen atoms in total. The third-order valence-electron chi connectivity index (χ3n) is 5.08. The first-order valence-electron chi connectivity index (χ1n) is 7.80. The van der Waals surface area contributed by atoms with Crippen LogP contribution in [0.5, 0.6) is 0 Å². The van der Waals surface area contributed by atoms with Crippen LogP contribution in [-0.4, -0.2) is 42.2 Å². The van der Waals surface area contributed by atoms with E-state index in [4.69, 9.17) is 4.74 Å². The summed E-state index contributed by atoms with van der Waals surface area (Å²) in [7, 11) is 0. The van der Waals surface area contributed by atoms with Crippen molar-refractivity contribution in [1.29, 1.82) is 0 Å². The van der Waals surface area contributed by atoms with Gasteiger partial charge in [-0.25, -0.2) is 0 Å². The fraction of sp³-hybridized carbons (Fsp3) is 0.588. The number of benzene rings is 1. The standard InChI is InChI=1S/C17H23NO3/c1-2-17(16(19)20)8-9-18(12-17)11-15-14-6-4-3-5-13(14)7-10-21-15/h3-6,15H,2,7-12H2,1H3,(H,19,20). The molecule has 1 aromatic rings. The maximum absolute atomic E-state index is 11.5. The van der Waals surface area contributed by atoms with Gasteiger partial charge < -0.3 is 9.84 Å². The Bertz CT molecular complexity index is 531. The Labute approximate surface area is 125 Å². The van der Waals surface area contributed by atoms with E-state index in [-0.39, 0.29) is 6.10 Å². The van der Waals surface area contributed by atoms with Crippen LogP contribution in [0.3, 0.4) is 0 Å². The summed E-state index contributed by atoms with van der Waals surface area (Å²) in [5.41, 5.74) is 2.08. The van der Waals surface area contributed by atoms with Gasteiger partial charge >= 0.3 is 5.97 Å². The highest BCUT2D eigenvalue weighted by molar-refractivity contribution is 5.75. The Morgan fingerprint density at radius 2 is 2.29 bits per heavy atom. The molecule has 2 unspecified atom stereocenters. The predicted molar refractivity (Wildman–Crippen MR) is 80.3 cm³/mol. The van der Waals surface area contributed by atoms with Gasteiger partial charge in [-0.1, -0.05) is 31.2 Å². The van der Waals surface area contributed by atoms with Gasteiger partial charge in [-0.2, -0.15) is 0 Å². The van der Waals surface area contributed by atoms with Crippen molar-refractivity contribution < 1.29 is 14.6 Å². The molecule has 0 aliphatic carbocycles. The second-order valence-electron chi connectivity index (χ2n) is 6.23. The van der Waals surface area contributed by atoms with E-state index in [9.17, 15) is 9.90 Å². The average molecular weight is 289 g/mol. The highest BCUT2D eigenvalue weighted by atomic mass is 16.5. The molecular weight excluding hydrogens is 266 g/mol. The molecule has 1 fully saturated rings. The number of nitrogens with zero attached hydrogens (tertiary/aromatic N) is 1. The van der Waals surface area contributed by atoms with Crippen molar-refractivity contribution in [3.05, 3.63) is 35.4 Å². The molecule has 114 valence electrons. The number of hydrogen-bond donors (Lipinski definition) is 1. The Hall–Kier alpha value is -1.39. The van der Waals surface area contributed by atoms with E-state index >= 15 is 0 Å². The number of fused-ring (bicyclic) bond motifs is 1. The molecule has 21 heavy (non-hydrogen) atoms. The predicted octanol–water partition coefficient (Wildman–Crippen LogP) is 2.49. The Kier molecular flexibility index (Phi) is 4.00. The van der Waals surface area contributed by atoms with Crippen molar-refractivity contribution in [3.8, 4) is 0 Å². The van der Waals surface area contributed by atoms with Crippen molar-refractivity contribution >= 4 is 5.97 Å². The van der Waals surface area contributed by atoms with Crippen LogP contribution in [0.2, 0.25) is 0 Å². The van der Waals surface area contributed by atoms with E-state index in [1.54, 1.807) is 0 Å². The molecule has 2 aliphatic rings. The zero-order chi connectivity index (χ0) is 14.9. The van der Waals surface area contributed by atoms with Gasteiger partial charge in [0.25, 0.3) is 0 Å². The van der Waals surface area contributed by atoms with Crippen LogP contribution in [0.25, 0.3) is 0 Å². The molecule has 2 aliphatic heterocycles. The van der Waals surface area contributed by atoms with Crippen LogP contribution in [0.4, 0.5) is 0 Å². The van der Waals surface area contributed by atoms with Crippen molar-refractivity contribution in [2.45, 2.75) is 32.3 Å².